The number of rotatable bonds is 5. The molecule has 0 aromatic heterocycles. The van der Waals surface area contributed by atoms with Gasteiger partial charge in [-0.2, -0.15) is 5.26 Å². The minimum Gasteiger partial charge on any atom is -0.489 e. The van der Waals surface area contributed by atoms with E-state index in [0.717, 1.165) is 11.1 Å². The monoisotopic (exact) mass is 284 g/mol. The second-order valence-electron chi connectivity index (χ2n) is 5.07. The van der Waals surface area contributed by atoms with E-state index in [9.17, 15) is 4.39 Å². The first kappa shape index (κ1) is 15.0. The minimum atomic E-state index is -0.331. The predicted octanol–water partition coefficient (Wildman–Crippen LogP) is 3.17. The molecule has 0 radical (unpaired) electrons. The molecule has 2 aromatic carbocycles. The van der Waals surface area contributed by atoms with Gasteiger partial charge in [-0.1, -0.05) is 12.1 Å². The summed E-state index contributed by atoms with van der Waals surface area (Å²) >= 11 is 0. The average Bonchev–Trinajstić information content (AvgIpc) is 2.44. The molecular formula is C17H17FN2O. The summed E-state index contributed by atoms with van der Waals surface area (Å²) in [6.07, 6.45) is 0.602. The van der Waals surface area contributed by atoms with Crippen LogP contribution in [0.3, 0.4) is 0 Å². The summed E-state index contributed by atoms with van der Waals surface area (Å²) in [4.78, 5) is 0. The van der Waals surface area contributed by atoms with E-state index in [4.69, 9.17) is 15.7 Å². The van der Waals surface area contributed by atoms with Crippen molar-refractivity contribution in [3.05, 3.63) is 65.0 Å². The van der Waals surface area contributed by atoms with E-state index in [1.165, 1.54) is 12.1 Å². The van der Waals surface area contributed by atoms with Crippen LogP contribution in [0, 0.1) is 17.1 Å². The van der Waals surface area contributed by atoms with Gasteiger partial charge in [0, 0.05) is 12.1 Å². The van der Waals surface area contributed by atoms with Gasteiger partial charge in [-0.25, -0.2) is 4.39 Å². The molecule has 0 aliphatic rings. The normalized spacial score (nSPS) is 11.7. The first-order valence-electron chi connectivity index (χ1n) is 6.73. The summed E-state index contributed by atoms with van der Waals surface area (Å²) in [7, 11) is 0. The lowest BCUT2D eigenvalue weighted by atomic mass is 10.1. The molecule has 0 saturated heterocycles. The molecule has 1 atom stereocenters. The summed E-state index contributed by atoms with van der Waals surface area (Å²) in [5.41, 5.74) is 8.07. The van der Waals surface area contributed by atoms with Gasteiger partial charge in [0.2, 0.25) is 0 Å². The standard InChI is InChI=1S/C17H17FN2O/c1-12(20)6-15-7-16(18)9-17(8-15)21-11-14-4-2-13(10-19)3-5-14/h2-5,7-9,12H,6,11,20H2,1H3. The van der Waals surface area contributed by atoms with Crippen LogP contribution in [0.2, 0.25) is 0 Å². The van der Waals surface area contributed by atoms with E-state index in [1.807, 2.05) is 19.1 Å². The summed E-state index contributed by atoms with van der Waals surface area (Å²) in [6, 6.07) is 13.8. The van der Waals surface area contributed by atoms with Gasteiger partial charge in [0.1, 0.15) is 18.2 Å². The van der Waals surface area contributed by atoms with Crippen molar-refractivity contribution in [1.82, 2.24) is 0 Å². The lowest BCUT2D eigenvalue weighted by molar-refractivity contribution is 0.304. The van der Waals surface area contributed by atoms with Crippen LogP contribution in [-0.4, -0.2) is 6.04 Å². The van der Waals surface area contributed by atoms with Crippen LogP contribution in [0.5, 0.6) is 5.75 Å². The van der Waals surface area contributed by atoms with Gasteiger partial charge in [-0.15, -0.1) is 0 Å². The van der Waals surface area contributed by atoms with Crippen LogP contribution >= 0.6 is 0 Å². The molecular weight excluding hydrogens is 267 g/mol. The molecule has 0 aliphatic carbocycles. The van der Waals surface area contributed by atoms with Gasteiger partial charge < -0.3 is 10.5 Å². The van der Waals surface area contributed by atoms with Gasteiger partial charge in [0.15, 0.2) is 0 Å². The fourth-order valence-corrected chi connectivity index (χ4v) is 2.04. The molecule has 0 aliphatic heterocycles. The zero-order chi connectivity index (χ0) is 15.2. The highest BCUT2D eigenvalue weighted by atomic mass is 19.1. The Balaban J connectivity index is 2.05. The van der Waals surface area contributed by atoms with Gasteiger partial charge in [-0.3, -0.25) is 0 Å². The molecule has 2 N–H and O–H groups in total. The molecule has 0 bridgehead atoms. The molecule has 0 saturated carbocycles. The van der Waals surface area contributed by atoms with Crippen molar-refractivity contribution in [2.24, 2.45) is 5.73 Å². The van der Waals surface area contributed by atoms with E-state index in [2.05, 4.69) is 6.07 Å². The Kier molecular flexibility index (Phi) is 4.91. The molecule has 3 nitrogen and oxygen atoms in total. The quantitative estimate of drug-likeness (QED) is 0.917. The average molecular weight is 284 g/mol. The Labute approximate surface area is 123 Å². The van der Waals surface area contributed by atoms with Crippen LogP contribution in [0.4, 0.5) is 4.39 Å². The van der Waals surface area contributed by atoms with Crippen LogP contribution in [-0.2, 0) is 13.0 Å². The number of hydrogen-bond acceptors (Lipinski definition) is 3. The zero-order valence-corrected chi connectivity index (χ0v) is 11.8. The Morgan fingerprint density at radius 2 is 1.90 bits per heavy atom. The number of nitrogens with zero attached hydrogens (tertiary/aromatic N) is 1. The van der Waals surface area contributed by atoms with Gasteiger partial charge >= 0.3 is 0 Å². The maximum atomic E-state index is 13.5. The van der Waals surface area contributed by atoms with Crippen LogP contribution < -0.4 is 10.5 Å². The molecule has 0 spiro atoms. The predicted molar refractivity (Wildman–Crippen MR) is 79.2 cm³/mol. The fourth-order valence-electron chi connectivity index (χ4n) is 2.04. The molecule has 108 valence electrons. The molecule has 0 amide bonds. The van der Waals surface area contributed by atoms with Crippen molar-refractivity contribution in [2.75, 3.05) is 0 Å². The van der Waals surface area contributed by atoms with Crippen molar-refractivity contribution in [3.8, 4) is 11.8 Å². The second kappa shape index (κ2) is 6.87. The van der Waals surface area contributed by atoms with Gasteiger partial charge in [-0.05, 0) is 48.7 Å². The first-order chi connectivity index (χ1) is 10.1. The summed E-state index contributed by atoms with van der Waals surface area (Å²) in [6.45, 7) is 2.20. The van der Waals surface area contributed by atoms with Crippen LogP contribution in [0.25, 0.3) is 0 Å². The van der Waals surface area contributed by atoms with E-state index < -0.39 is 0 Å². The fraction of sp³-hybridized carbons (Fsp3) is 0.235. The highest BCUT2D eigenvalue weighted by Gasteiger charge is 2.05. The Morgan fingerprint density at radius 3 is 2.52 bits per heavy atom. The van der Waals surface area contributed by atoms with Crippen molar-refractivity contribution < 1.29 is 9.13 Å². The summed E-state index contributed by atoms with van der Waals surface area (Å²) < 4.78 is 19.2. The third-order valence-electron chi connectivity index (χ3n) is 2.98. The lowest BCUT2D eigenvalue weighted by Crippen LogP contribution is -2.17. The van der Waals surface area contributed by atoms with Crippen LogP contribution in [0.15, 0.2) is 42.5 Å². The highest BCUT2D eigenvalue weighted by molar-refractivity contribution is 5.33. The number of benzene rings is 2. The van der Waals surface area contributed by atoms with Crippen molar-refractivity contribution in [2.45, 2.75) is 26.0 Å². The largest absolute Gasteiger partial charge is 0.489 e. The van der Waals surface area contributed by atoms with Crippen molar-refractivity contribution in [1.29, 1.82) is 5.26 Å². The maximum absolute atomic E-state index is 13.5. The van der Waals surface area contributed by atoms with E-state index in [-0.39, 0.29) is 11.9 Å². The zero-order valence-electron chi connectivity index (χ0n) is 11.8. The third-order valence-corrected chi connectivity index (χ3v) is 2.98. The third kappa shape index (κ3) is 4.59. The topological polar surface area (TPSA) is 59.0 Å². The second-order valence-corrected chi connectivity index (χ2v) is 5.07. The SMILES string of the molecule is CC(N)Cc1cc(F)cc(OCc2ccc(C#N)cc2)c1. The van der Waals surface area contributed by atoms with Crippen molar-refractivity contribution >= 4 is 0 Å². The van der Waals surface area contributed by atoms with Crippen LogP contribution in [0.1, 0.15) is 23.6 Å². The first-order valence-corrected chi connectivity index (χ1v) is 6.73. The molecule has 2 rings (SSSR count). The summed E-state index contributed by atoms with van der Waals surface area (Å²) in [5.74, 6) is 0.151. The molecule has 1 unspecified atom stereocenters. The number of nitrogens with two attached hydrogens (primary N) is 1. The summed E-state index contributed by atoms with van der Waals surface area (Å²) in [5, 5.41) is 8.74. The number of hydrogen-bond donors (Lipinski definition) is 1. The molecule has 0 fully saturated rings. The van der Waals surface area contributed by atoms with E-state index >= 15 is 0 Å². The number of halogens is 1. The van der Waals surface area contributed by atoms with Crippen molar-refractivity contribution in [3.63, 3.8) is 0 Å². The highest BCUT2D eigenvalue weighted by Crippen LogP contribution is 2.19. The number of ether oxygens (including phenoxy) is 1. The molecule has 2 aromatic rings. The molecule has 0 heterocycles. The minimum absolute atomic E-state index is 0.0295. The molecule has 4 heteroatoms. The Morgan fingerprint density at radius 1 is 1.19 bits per heavy atom. The van der Waals surface area contributed by atoms with Gasteiger partial charge in [0.05, 0.1) is 11.6 Å². The number of nitriles is 1. The Hall–Kier alpha value is -2.38. The lowest BCUT2D eigenvalue weighted by Gasteiger charge is -2.10. The van der Waals surface area contributed by atoms with E-state index in [1.54, 1.807) is 18.2 Å². The Bertz CT molecular complexity index is 645. The maximum Gasteiger partial charge on any atom is 0.127 e. The molecule has 21 heavy (non-hydrogen) atoms. The van der Waals surface area contributed by atoms with Gasteiger partial charge in [0.25, 0.3) is 0 Å². The van der Waals surface area contributed by atoms with E-state index in [0.29, 0.717) is 24.3 Å². The smallest absolute Gasteiger partial charge is 0.127 e.